The monoisotopic (exact) mass is 284 g/mol. The summed E-state index contributed by atoms with van der Waals surface area (Å²) >= 11 is 3.01. The van der Waals surface area contributed by atoms with E-state index in [0.29, 0.717) is 4.47 Å². The van der Waals surface area contributed by atoms with Gasteiger partial charge in [0.15, 0.2) is 11.9 Å². The molecule has 1 heterocycles. The van der Waals surface area contributed by atoms with Crippen molar-refractivity contribution in [2.45, 2.75) is 19.2 Å². The van der Waals surface area contributed by atoms with Gasteiger partial charge in [-0.15, -0.1) is 0 Å². The van der Waals surface area contributed by atoms with Crippen LogP contribution in [-0.2, 0) is 0 Å². The van der Waals surface area contributed by atoms with E-state index in [1.165, 1.54) is 12.4 Å². The van der Waals surface area contributed by atoms with Crippen molar-refractivity contribution in [2.24, 2.45) is 0 Å². The molecule has 0 amide bonds. The average Bonchev–Trinajstić information content (AvgIpc) is 2.09. The molecule has 15 heavy (non-hydrogen) atoms. The maximum absolute atomic E-state index is 12.2. The molecule has 0 radical (unpaired) electrons. The predicted molar refractivity (Wildman–Crippen MR) is 52.5 cm³/mol. The summed E-state index contributed by atoms with van der Waals surface area (Å²) < 4.78 is 41.6. The molecule has 1 atom stereocenters. The number of nitrogen functional groups attached to an aromatic ring is 1. The average molecular weight is 285 g/mol. The van der Waals surface area contributed by atoms with Crippen LogP contribution in [0.3, 0.4) is 0 Å². The minimum atomic E-state index is -4.42. The maximum Gasteiger partial charge on any atom is 0.425 e. The van der Waals surface area contributed by atoms with Gasteiger partial charge in [-0.2, -0.15) is 13.2 Å². The number of aromatic nitrogens is 1. The maximum atomic E-state index is 12.2. The van der Waals surface area contributed by atoms with Crippen molar-refractivity contribution in [2.75, 3.05) is 5.73 Å². The van der Waals surface area contributed by atoms with Gasteiger partial charge < -0.3 is 10.5 Å². The second-order valence-electron chi connectivity index (χ2n) is 2.84. The van der Waals surface area contributed by atoms with Crippen LogP contribution in [0.15, 0.2) is 16.9 Å². The fourth-order valence-corrected chi connectivity index (χ4v) is 1.25. The van der Waals surface area contributed by atoms with Crippen molar-refractivity contribution >= 4 is 21.6 Å². The minimum Gasteiger partial charge on any atom is -0.478 e. The van der Waals surface area contributed by atoms with E-state index >= 15 is 0 Å². The van der Waals surface area contributed by atoms with Crippen LogP contribution < -0.4 is 10.5 Å². The van der Waals surface area contributed by atoms with Crippen LogP contribution in [0.2, 0.25) is 0 Å². The molecule has 3 nitrogen and oxygen atoms in total. The Morgan fingerprint density at radius 2 is 2.07 bits per heavy atom. The summed E-state index contributed by atoms with van der Waals surface area (Å²) in [6.07, 6.45) is -3.80. The molecule has 1 aromatic rings. The Kier molecular flexibility index (Phi) is 3.43. The zero-order valence-corrected chi connectivity index (χ0v) is 9.26. The zero-order valence-electron chi connectivity index (χ0n) is 7.68. The Balaban J connectivity index is 2.90. The highest BCUT2D eigenvalue weighted by molar-refractivity contribution is 9.10. The third-order valence-corrected chi connectivity index (χ3v) is 2.20. The number of anilines is 1. The SMILES string of the molecule is CC(Oc1c(N)cncc1Br)C(F)(F)F. The van der Waals surface area contributed by atoms with E-state index in [1.807, 2.05) is 0 Å². The summed E-state index contributed by atoms with van der Waals surface area (Å²) in [5, 5.41) is 0. The van der Waals surface area contributed by atoms with Crippen molar-refractivity contribution < 1.29 is 17.9 Å². The smallest absolute Gasteiger partial charge is 0.425 e. The first-order chi connectivity index (χ1) is 6.82. The molecule has 0 aliphatic carbocycles. The third-order valence-electron chi connectivity index (χ3n) is 1.64. The van der Waals surface area contributed by atoms with E-state index in [-0.39, 0.29) is 11.4 Å². The molecule has 0 bridgehead atoms. The first kappa shape index (κ1) is 12.1. The summed E-state index contributed by atoms with van der Waals surface area (Å²) in [4.78, 5) is 3.68. The van der Waals surface area contributed by atoms with Gasteiger partial charge in [0.25, 0.3) is 0 Å². The Hall–Kier alpha value is -0.980. The highest BCUT2D eigenvalue weighted by Crippen LogP contribution is 2.33. The summed E-state index contributed by atoms with van der Waals surface area (Å²) in [5.41, 5.74) is 5.48. The number of ether oxygens (including phenoxy) is 1. The van der Waals surface area contributed by atoms with Crippen LogP contribution in [0.1, 0.15) is 6.92 Å². The lowest BCUT2D eigenvalue weighted by molar-refractivity contribution is -0.189. The molecule has 7 heteroatoms. The van der Waals surface area contributed by atoms with E-state index in [9.17, 15) is 13.2 Å². The van der Waals surface area contributed by atoms with E-state index in [2.05, 4.69) is 20.9 Å². The second-order valence-corrected chi connectivity index (χ2v) is 3.70. The van der Waals surface area contributed by atoms with E-state index in [0.717, 1.165) is 6.92 Å². The number of alkyl halides is 3. The lowest BCUT2D eigenvalue weighted by Gasteiger charge is -2.19. The standard InChI is InChI=1S/C8H8BrF3N2O/c1-4(8(10,11)12)15-7-5(9)2-14-3-6(7)13/h2-4H,13H2,1H3. The number of halogens is 4. The minimum absolute atomic E-state index is 0.0465. The first-order valence-electron chi connectivity index (χ1n) is 3.94. The lowest BCUT2D eigenvalue weighted by Crippen LogP contribution is -2.31. The van der Waals surface area contributed by atoms with E-state index in [1.54, 1.807) is 0 Å². The molecule has 1 aromatic heterocycles. The van der Waals surface area contributed by atoms with Gasteiger partial charge in [-0.3, -0.25) is 4.98 Å². The van der Waals surface area contributed by atoms with Crippen LogP contribution >= 0.6 is 15.9 Å². The fourth-order valence-electron chi connectivity index (χ4n) is 0.806. The number of nitrogens with two attached hydrogens (primary N) is 1. The lowest BCUT2D eigenvalue weighted by atomic mass is 10.3. The molecule has 0 fully saturated rings. The Morgan fingerprint density at radius 1 is 1.47 bits per heavy atom. The van der Waals surface area contributed by atoms with Crippen LogP contribution in [0, 0.1) is 0 Å². The second kappa shape index (κ2) is 4.26. The van der Waals surface area contributed by atoms with Gasteiger partial charge in [-0.25, -0.2) is 0 Å². The van der Waals surface area contributed by atoms with E-state index in [4.69, 9.17) is 10.5 Å². The number of hydrogen-bond acceptors (Lipinski definition) is 3. The summed E-state index contributed by atoms with van der Waals surface area (Å²) in [7, 11) is 0. The first-order valence-corrected chi connectivity index (χ1v) is 4.74. The third kappa shape index (κ3) is 2.98. The predicted octanol–water partition coefficient (Wildman–Crippen LogP) is 2.76. The van der Waals surface area contributed by atoms with Crippen LogP contribution in [0.5, 0.6) is 5.75 Å². The van der Waals surface area contributed by atoms with Gasteiger partial charge in [-0.1, -0.05) is 0 Å². The van der Waals surface area contributed by atoms with Crippen LogP contribution in [0.4, 0.5) is 18.9 Å². The van der Waals surface area contributed by atoms with E-state index < -0.39 is 12.3 Å². The van der Waals surface area contributed by atoms with Crippen molar-refractivity contribution in [3.63, 3.8) is 0 Å². The molecule has 0 saturated carbocycles. The van der Waals surface area contributed by atoms with Crippen LogP contribution in [0.25, 0.3) is 0 Å². The number of rotatable bonds is 2. The highest BCUT2D eigenvalue weighted by Gasteiger charge is 2.38. The van der Waals surface area contributed by atoms with Gasteiger partial charge >= 0.3 is 6.18 Å². The topological polar surface area (TPSA) is 48.1 Å². The number of nitrogens with zero attached hydrogens (tertiary/aromatic N) is 1. The molecule has 0 aromatic carbocycles. The fraction of sp³-hybridized carbons (Fsp3) is 0.375. The van der Waals surface area contributed by atoms with Gasteiger partial charge in [0.1, 0.15) is 0 Å². The molecule has 0 saturated heterocycles. The Labute approximate surface area is 92.6 Å². The summed E-state index contributed by atoms with van der Waals surface area (Å²) in [6.45, 7) is 0.909. The van der Waals surface area contributed by atoms with Gasteiger partial charge in [-0.05, 0) is 22.9 Å². The molecule has 2 N–H and O–H groups in total. The molecule has 0 spiro atoms. The summed E-state index contributed by atoms with van der Waals surface area (Å²) in [5.74, 6) is -0.0465. The largest absolute Gasteiger partial charge is 0.478 e. The summed E-state index contributed by atoms with van der Waals surface area (Å²) in [6, 6.07) is 0. The molecule has 1 rings (SSSR count). The normalized spacial score (nSPS) is 13.7. The van der Waals surface area contributed by atoms with Crippen LogP contribution in [-0.4, -0.2) is 17.3 Å². The quantitative estimate of drug-likeness (QED) is 0.908. The number of hydrogen-bond donors (Lipinski definition) is 1. The molecule has 84 valence electrons. The van der Waals surface area contributed by atoms with Gasteiger partial charge in [0.05, 0.1) is 16.4 Å². The van der Waals surface area contributed by atoms with Gasteiger partial charge in [0.2, 0.25) is 0 Å². The Bertz CT molecular complexity index is 336. The molecular weight excluding hydrogens is 277 g/mol. The number of pyridine rings is 1. The van der Waals surface area contributed by atoms with Crippen molar-refractivity contribution in [3.8, 4) is 5.75 Å². The molecule has 0 aliphatic heterocycles. The van der Waals surface area contributed by atoms with Crippen molar-refractivity contribution in [1.82, 2.24) is 4.98 Å². The molecule has 0 aliphatic rings. The zero-order chi connectivity index (χ0) is 11.6. The van der Waals surface area contributed by atoms with Crippen molar-refractivity contribution in [3.05, 3.63) is 16.9 Å². The van der Waals surface area contributed by atoms with Crippen molar-refractivity contribution in [1.29, 1.82) is 0 Å². The van der Waals surface area contributed by atoms with Gasteiger partial charge in [0, 0.05) is 6.20 Å². The molecule has 1 unspecified atom stereocenters. The highest BCUT2D eigenvalue weighted by atomic mass is 79.9. The molecular formula is C8H8BrF3N2O. The Morgan fingerprint density at radius 3 is 2.53 bits per heavy atom.